The van der Waals surface area contributed by atoms with Crippen LogP contribution in [0.4, 0.5) is 4.79 Å². The summed E-state index contributed by atoms with van der Waals surface area (Å²) in [5, 5.41) is 5.74. The fourth-order valence-corrected chi connectivity index (χ4v) is 2.33. The van der Waals surface area contributed by atoms with E-state index < -0.39 is 0 Å². The highest BCUT2D eigenvalue weighted by Crippen LogP contribution is 2.12. The van der Waals surface area contributed by atoms with E-state index in [9.17, 15) is 4.79 Å². The SMILES string of the molecule is COc1cccc(CNC(=O)NCCCCc2ccccc2)c1. The molecule has 122 valence electrons. The van der Waals surface area contributed by atoms with Crippen LogP contribution in [0, 0.1) is 0 Å². The molecular weight excluding hydrogens is 288 g/mol. The third-order valence-electron chi connectivity index (χ3n) is 3.61. The van der Waals surface area contributed by atoms with E-state index in [0.29, 0.717) is 13.1 Å². The van der Waals surface area contributed by atoms with Gasteiger partial charge in [0.05, 0.1) is 7.11 Å². The maximum Gasteiger partial charge on any atom is 0.315 e. The monoisotopic (exact) mass is 312 g/mol. The van der Waals surface area contributed by atoms with Crippen LogP contribution < -0.4 is 15.4 Å². The zero-order valence-corrected chi connectivity index (χ0v) is 13.5. The van der Waals surface area contributed by atoms with Gasteiger partial charge in [-0.05, 0) is 42.5 Å². The normalized spacial score (nSPS) is 10.1. The molecule has 0 aliphatic carbocycles. The second-order valence-electron chi connectivity index (χ2n) is 5.40. The topological polar surface area (TPSA) is 50.4 Å². The zero-order chi connectivity index (χ0) is 16.3. The second-order valence-corrected chi connectivity index (χ2v) is 5.40. The first-order valence-electron chi connectivity index (χ1n) is 7.96. The number of urea groups is 1. The highest BCUT2D eigenvalue weighted by atomic mass is 16.5. The van der Waals surface area contributed by atoms with Crippen molar-refractivity contribution in [2.45, 2.75) is 25.8 Å². The van der Waals surface area contributed by atoms with Crippen molar-refractivity contribution in [2.75, 3.05) is 13.7 Å². The van der Waals surface area contributed by atoms with Crippen molar-refractivity contribution in [3.05, 3.63) is 65.7 Å². The summed E-state index contributed by atoms with van der Waals surface area (Å²) < 4.78 is 5.16. The third-order valence-corrected chi connectivity index (χ3v) is 3.61. The molecule has 2 aromatic rings. The molecular formula is C19H24N2O2. The van der Waals surface area contributed by atoms with Crippen LogP contribution in [0.3, 0.4) is 0 Å². The average Bonchev–Trinajstić information content (AvgIpc) is 2.61. The van der Waals surface area contributed by atoms with Gasteiger partial charge < -0.3 is 15.4 Å². The number of aryl methyl sites for hydroxylation is 1. The van der Waals surface area contributed by atoms with Gasteiger partial charge in [-0.25, -0.2) is 4.79 Å². The quantitative estimate of drug-likeness (QED) is 0.733. The fraction of sp³-hybridized carbons (Fsp3) is 0.316. The van der Waals surface area contributed by atoms with Crippen LogP contribution in [0.5, 0.6) is 5.75 Å². The Hall–Kier alpha value is -2.49. The molecule has 0 saturated carbocycles. The third kappa shape index (κ3) is 6.43. The van der Waals surface area contributed by atoms with Gasteiger partial charge in [0.2, 0.25) is 0 Å². The standard InChI is InChI=1S/C19H24N2O2/c1-23-18-12-7-11-17(14-18)15-21-19(22)20-13-6-5-10-16-8-3-2-4-9-16/h2-4,7-9,11-12,14H,5-6,10,13,15H2,1H3,(H2,20,21,22). The van der Waals surface area contributed by atoms with E-state index >= 15 is 0 Å². The molecule has 0 radical (unpaired) electrons. The van der Waals surface area contributed by atoms with Gasteiger partial charge in [0.15, 0.2) is 0 Å². The number of hydrogen-bond acceptors (Lipinski definition) is 2. The second kappa shape index (κ2) is 9.51. The molecule has 0 aliphatic rings. The molecule has 23 heavy (non-hydrogen) atoms. The lowest BCUT2D eigenvalue weighted by atomic mass is 10.1. The number of hydrogen-bond donors (Lipinski definition) is 2. The predicted molar refractivity (Wildman–Crippen MR) is 92.6 cm³/mol. The average molecular weight is 312 g/mol. The summed E-state index contributed by atoms with van der Waals surface area (Å²) in [6, 6.07) is 17.9. The fourth-order valence-electron chi connectivity index (χ4n) is 2.33. The number of methoxy groups -OCH3 is 1. The lowest BCUT2D eigenvalue weighted by Gasteiger charge is -2.08. The molecule has 0 unspecified atom stereocenters. The molecule has 2 rings (SSSR count). The van der Waals surface area contributed by atoms with E-state index in [-0.39, 0.29) is 6.03 Å². The van der Waals surface area contributed by atoms with Crippen molar-refractivity contribution >= 4 is 6.03 Å². The van der Waals surface area contributed by atoms with Crippen molar-refractivity contribution in [1.29, 1.82) is 0 Å². The first-order valence-corrected chi connectivity index (χ1v) is 7.96. The molecule has 0 aromatic heterocycles. The van der Waals surface area contributed by atoms with Crippen LogP contribution in [0.15, 0.2) is 54.6 Å². The molecule has 2 amide bonds. The van der Waals surface area contributed by atoms with Crippen LogP contribution >= 0.6 is 0 Å². The van der Waals surface area contributed by atoms with Crippen LogP contribution in [-0.2, 0) is 13.0 Å². The summed E-state index contributed by atoms with van der Waals surface area (Å²) in [6.07, 6.45) is 3.09. The van der Waals surface area contributed by atoms with E-state index in [0.717, 1.165) is 30.6 Å². The summed E-state index contributed by atoms with van der Waals surface area (Å²) in [5.41, 5.74) is 2.36. The van der Waals surface area contributed by atoms with E-state index in [4.69, 9.17) is 4.74 Å². The minimum Gasteiger partial charge on any atom is -0.497 e. The molecule has 0 saturated heterocycles. The van der Waals surface area contributed by atoms with Crippen LogP contribution in [0.25, 0.3) is 0 Å². The van der Waals surface area contributed by atoms with Crippen molar-refractivity contribution in [3.63, 3.8) is 0 Å². The Morgan fingerprint density at radius 2 is 1.74 bits per heavy atom. The molecule has 2 N–H and O–H groups in total. The van der Waals surface area contributed by atoms with Crippen molar-refractivity contribution < 1.29 is 9.53 Å². The van der Waals surface area contributed by atoms with Gasteiger partial charge >= 0.3 is 6.03 Å². The first kappa shape index (κ1) is 16.9. The Kier molecular flexibility index (Phi) is 6.98. The number of carbonyl (C=O) groups excluding carboxylic acids is 1. The van der Waals surface area contributed by atoms with Crippen molar-refractivity contribution in [3.8, 4) is 5.75 Å². The largest absolute Gasteiger partial charge is 0.497 e. The highest BCUT2D eigenvalue weighted by Gasteiger charge is 2.01. The minimum absolute atomic E-state index is 0.132. The Morgan fingerprint density at radius 3 is 2.52 bits per heavy atom. The number of carbonyl (C=O) groups is 1. The van der Waals surface area contributed by atoms with Gasteiger partial charge in [-0.2, -0.15) is 0 Å². The van der Waals surface area contributed by atoms with Gasteiger partial charge in [0.25, 0.3) is 0 Å². The number of nitrogens with one attached hydrogen (secondary N) is 2. The summed E-state index contributed by atoms with van der Waals surface area (Å²) in [5.74, 6) is 0.797. The smallest absolute Gasteiger partial charge is 0.315 e. The number of rotatable bonds is 8. The molecule has 0 aliphatic heterocycles. The summed E-state index contributed by atoms with van der Waals surface area (Å²) in [7, 11) is 1.63. The summed E-state index contributed by atoms with van der Waals surface area (Å²) in [4.78, 5) is 11.8. The predicted octanol–water partition coefficient (Wildman–Crippen LogP) is 3.52. The Morgan fingerprint density at radius 1 is 0.957 bits per heavy atom. The molecule has 4 nitrogen and oxygen atoms in total. The Balaban J connectivity index is 1.58. The molecule has 0 atom stereocenters. The van der Waals surface area contributed by atoms with Gasteiger partial charge in [0, 0.05) is 13.1 Å². The van der Waals surface area contributed by atoms with Gasteiger partial charge in [-0.1, -0.05) is 42.5 Å². The van der Waals surface area contributed by atoms with Gasteiger partial charge in [0.1, 0.15) is 5.75 Å². The van der Waals surface area contributed by atoms with Crippen LogP contribution in [-0.4, -0.2) is 19.7 Å². The molecule has 0 spiro atoms. The van der Waals surface area contributed by atoms with E-state index in [1.54, 1.807) is 7.11 Å². The molecule has 0 heterocycles. The summed E-state index contributed by atoms with van der Waals surface area (Å²) >= 11 is 0. The Bertz CT molecular complexity index is 599. The van der Waals surface area contributed by atoms with Gasteiger partial charge in [-0.15, -0.1) is 0 Å². The molecule has 4 heteroatoms. The molecule has 2 aromatic carbocycles. The van der Waals surface area contributed by atoms with Crippen LogP contribution in [0.2, 0.25) is 0 Å². The number of ether oxygens (including phenoxy) is 1. The number of benzene rings is 2. The lowest BCUT2D eigenvalue weighted by Crippen LogP contribution is -2.35. The Labute approximate surface area is 137 Å². The van der Waals surface area contributed by atoms with Crippen molar-refractivity contribution in [2.24, 2.45) is 0 Å². The van der Waals surface area contributed by atoms with Crippen molar-refractivity contribution in [1.82, 2.24) is 10.6 Å². The molecule has 0 bridgehead atoms. The first-order chi connectivity index (χ1) is 11.3. The number of amides is 2. The van der Waals surface area contributed by atoms with Gasteiger partial charge in [-0.3, -0.25) is 0 Å². The zero-order valence-electron chi connectivity index (χ0n) is 13.5. The number of unbranched alkanes of at least 4 members (excludes halogenated alkanes) is 1. The maximum atomic E-state index is 11.8. The van der Waals surface area contributed by atoms with Crippen LogP contribution in [0.1, 0.15) is 24.0 Å². The van der Waals surface area contributed by atoms with E-state index in [1.165, 1.54) is 5.56 Å². The van der Waals surface area contributed by atoms with E-state index in [2.05, 4.69) is 34.9 Å². The molecule has 0 fully saturated rings. The van der Waals surface area contributed by atoms with E-state index in [1.807, 2.05) is 30.3 Å². The lowest BCUT2D eigenvalue weighted by molar-refractivity contribution is 0.240. The highest BCUT2D eigenvalue weighted by molar-refractivity contribution is 5.73. The summed E-state index contributed by atoms with van der Waals surface area (Å²) in [6.45, 7) is 1.18. The minimum atomic E-state index is -0.132. The maximum absolute atomic E-state index is 11.8.